The van der Waals surface area contributed by atoms with Gasteiger partial charge in [-0.1, -0.05) is 83.4 Å². The van der Waals surface area contributed by atoms with Gasteiger partial charge in [-0.15, -0.1) is 12.6 Å². The molecule has 0 unspecified atom stereocenters. The molecule has 0 heterocycles. The molecule has 264 valence electrons. The van der Waals surface area contributed by atoms with Crippen LogP contribution >= 0.6 is 12.6 Å². The predicted octanol–water partition coefficient (Wildman–Crippen LogP) is 9.33. The van der Waals surface area contributed by atoms with E-state index in [2.05, 4.69) is 31.7 Å². The van der Waals surface area contributed by atoms with Gasteiger partial charge in [0.25, 0.3) is 0 Å². The highest BCUT2D eigenvalue weighted by atomic mass is 32.1. The summed E-state index contributed by atoms with van der Waals surface area (Å²) in [6.45, 7) is 7.32. The molecule has 8 heteroatoms. The van der Waals surface area contributed by atoms with Gasteiger partial charge in [0.15, 0.2) is 16.6 Å². The molecular formula is C39H58F2O5S. The van der Waals surface area contributed by atoms with Gasteiger partial charge in [-0.05, 0) is 94.3 Å². The van der Waals surface area contributed by atoms with E-state index in [-0.39, 0.29) is 31.3 Å². The van der Waals surface area contributed by atoms with Crippen molar-refractivity contribution in [1.29, 1.82) is 0 Å². The Bertz CT molecular complexity index is 1230. The van der Waals surface area contributed by atoms with E-state index in [4.69, 9.17) is 4.74 Å². The molecule has 9 atom stereocenters. The fraction of sp³-hybridized carbons (Fsp3) is 0.769. The van der Waals surface area contributed by atoms with Crippen LogP contribution in [0.3, 0.4) is 0 Å². The third kappa shape index (κ3) is 7.69. The second-order valence-corrected chi connectivity index (χ2v) is 16.0. The third-order valence-electron chi connectivity index (χ3n) is 12.2. The van der Waals surface area contributed by atoms with Crippen LogP contribution in [0.15, 0.2) is 36.0 Å². The smallest absolute Gasteiger partial charge is 0.306 e. The summed E-state index contributed by atoms with van der Waals surface area (Å²) in [4.78, 5) is 38.4. The molecule has 1 N–H and O–H groups in total. The predicted molar refractivity (Wildman–Crippen MR) is 185 cm³/mol. The Morgan fingerprint density at radius 2 is 1.55 bits per heavy atom. The minimum absolute atomic E-state index is 0.0559. The lowest BCUT2D eigenvalue weighted by Gasteiger charge is -2.62. The second-order valence-electron chi connectivity index (χ2n) is 15.5. The molecule has 3 fully saturated rings. The largest absolute Gasteiger partial charge is 0.459 e. The summed E-state index contributed by atoms with van der Waals surface area (Å²) in [5.41, 5.74) is -5.93. The van der Waals surface area contributed by atoms with Crippen LogP contribution in [0.2, 0.25) is 0 Å². The van der Waals surface area contributed by atoms with Crippen molar-refractivity contribution in [2.45, 2.75) is 160 Å². The van der Waals surface area contributed by atoms with Gasteiger partial charge in [0.1, 0.15) is 11.8 Å². The summed E-state index contributed by atoms with van der Waals surface area (Å²) < 4.78 is 39.3. The Kier molecular flexibility index (Phi) is 12.8. The number of esters is 1. The summed E-state index contributed by atoms with van der Waals surface area (Å²) in [6, 6.07) is 0. The number of hydrogen-bond acceptors (Lipinski definition) is 5. The highest BCUT2D eigenvalue weighted by Gasteiger charge is 2.75. The first-order valence-corrected chi connectivity index (χ1v) is 18.7. The van der Waals surface area contributed by atoms with Crippen molar-refractivity contribution in [2.24, 2.45) is 28.6 Å². The van der Waals surface area contributed by atoms with Crippen molar-refractivity contribution in [3.05, 3.63) is 36.0 Å². The quantitative estimate of drug-likeness (QED) is 0.0695. The number of allylic oxidation sites excluding steroid dienone is 6. The van der Waals surface area contributed by atoms with Gasteiger partial charge in [0.2, 0.25) is 0 Å². The summed E-state index contributed by atoms with van der Waals surface area (Å²) in [5.74, 6) is -3.18. The monoisotopic (exact) mass is 676 g/mol. The van der Waals surface area contributed by atoms with Crippen molar-refractivity contribution in [3.8, 4) is 0 Å². The number of rotatable bonds is 17. The van der Waals surface area contributed by atoms with E-state index in [0.29, 0.717) is 6.42 Å². The van der Waals surface area contributed by atoms with E-state index in [1.807, 2.05) is 6.92 Å². The topological polar surface area (TPSA) is 80.7 Å². The van der Waals surface area contributed by atoms with Crippen molar-refractivity contribution < 1.29 is 33.0 Å². The van der Waals surface area contributed by atoms with Gasteiger partial charge in [0, 0.05) is 17.8 Å². The third-order valence-corrected chi connectivity index (χ3v) is 12.5. The number of carbonyl (C=O) groups excluding carboxylic acids is 3. The second kappa shape index (κ2) is 15.8. The average Bonchev–Trinajstić information content (AvgIpc) is 3.23. The van der Waals surface area contributed by atoms with Gasteiger partial charge < -0.3 is 9.84 Å². The lowest BCUT2D eigenvalue weighted by atomic mass is 9.45. The van der Waals surface area contributed by atoms with Gasteiger partial charge in [-0.3, -0.25) is 14.4 Å². The maximum absolute atomic E-state index is 17.5. The van der Waals surface area contributed by atoms with Crippen molar-refractivity contribution in [3.63, 3.8) is 0 Å². The zero-order chi connectivity index (χ0) is 34.5. The molecule has 4 aliphatic rings. The highest BCUT2D eigenvalue weighted by molar-refractivity contribution is 7.96. The van der Waals surface area contributed by atoms with E-state index < -0.39 is 69.0 Å². The fourth-order valence-electron chi connectivity index (χ4n) is 9.85. The average molecular weight is 677 g/mol. The highest BCUT2D eigenvalue weighted by Crippen LogP contribution is 2.71. The number of fused-ring (bicyclic) bond motifs is 5. The molecule has 0 aromatic carbocycles. The Balaban J connectivity index is 1.30. The molecule has 5 nitrogen and oxygen atoms in total. The number of hydrogen-bond donors (Lipinski definition) is 2. The SMILES string of the molecule is CCCCCCCC/C=C/CCCCCCCC(=O)O[C@]1(C)C[C@H]2[C@@H]3C[C@H](F)C4=CC(=O)C=C[C@]4(C)[C@@]3(F)[C@@H](O)C[C@]2(C)[C@H]1C(=O)S. The molecule has 0 amide bonds. The minimum Gasteiger partial charge on any atom is -0.459 e. The van der Waals surface area contributed by atoms with Crippen molar-refractivity contribution in [2.75, 3.05) is 0 Å². The summed E-state index contributed by atoms with van der Waals surface area (Å²) in [5, 5.41) is 11.0. The normalized spacial score (nSPS) is 37.7. The number of aliphatic hydroxyl groups excluding tert-OH is 1. The van der Waals surface area contributed by atoms with Crippen molar-refractivity contribution >= 4 is 29.5 Å². The van der Waals surface area contributed by atoms with Crippen LogP contribution in [-0.4, -0.2) is 45.5 Å². The van der Waals surface area contributed by atoms with Gasteiger partial charge in [0.05, 0.1) is 12.0 Å². The summed E-state index contributed by atoms with van der Waals surface area (Å²) >= 11 is 4.21. The molecule has 0 aromatic rings. The molecular weight excluding hydrogens is 618 g/mol. The number of ketones is 1. The number of carbonyl (C=O) groups is 3. The lowest BCUT2D eigenvalue weighted by Crippen LogP contribution is -2.68. The lowest BCUT2D eigenvalue weighted by molar-refractivity contribution is -0.201. The first kappa shape index (κ1) is 38.0. The molecule has 0 bridgehead atoms. The molecule has 0 saturated heterocycles. The number of ether oxygens (including phenoxy) is 1. The molecule has 3 saturated carbocycles. The Hall–Kier alpha value is -1.80. The number of aliphatic hydroxyl groups is 1. The number of halogens is 2. The maximum atomic E-state index is 17.5. The Morgan fingerprint density at radius 3 is 2.17 bits per heavy atom. The van der Waals surface area contributed by atoms with Crippen LogP contribution < -0.4 is 0 Å². The first-order valence-electron chi connectivity index (χ1n) is 18.3. The summed E-state index contributed by atoms with van der Waals surface area (Å²) in [7, 11) is 0. The van der Waals surface area contributed by atoms with E-state index in [0.717, 1.165) is 38.5 Å². The van der Waals surface area contributed by atoms with Crippen molar-refractivity contribution in [1.82, 2.24) is 0 Å². The zero-order valence-corrected chi connectivity index (χ0v) is 30.0. The molecule has 47 heavy (non-hydrogen) atoms. The molecule has 0 aliphatic heterocycles. The number of alkyl halides is 2. The van der Waals surface area contributed by atoms with E-state index >= 15 is 8.78 Å². The van der Waals surface area contributed by atoms with Gasteiger partial charge in [-0.25, -0.2) is 8.78 Å². The van der Waals surface area contributed by atoms with Crippen LogP contribution in [0.1, 0.15) is 137 Å². The van der Waals surface area contributed by atoms with E-state index in [1.165, 1.54) is 56.8 Å². The molecule has 0 aromatic heterocycles. The first-order chi connectivity index (χ1) is 22.2. The maximum Gasteiger partial charge on any atom is 0.306 e. The fourth-order valence-corrected chi connectivity index (χ4v) is 10.4. The van der Waals surface area contributed by atoms with Gasteiger partial charge >= 0.3 is 5.97 Å². The van der Waals surface area contributed by atoms with Crippen LogP contribution in [0, 0.1) is 28.6 Å². The molecule has 4 rings (SSSR count). The zero-order valence-electron chi connectivity index (χ0n) is 29.1. The van der Waals surface area contributed by atoms with E-state index in [1.54, 1.807) is 13.8 Å². The van der Waals surface area contributed by atoms with Crippen LogP contribution in [-0.2, 0) is 19.1 Å². The molecule has 4 aliphatic carbocycles. The minimum atomic E-state index is -2.26. The van der Waals surface area contributed by atoms with Crippen LogP contribution in [0.25, 0.3) is 0 Å². The van der Waals surface area contributed by atoms with Crippen LogP contribution in [0.5, 0.6) is 0 Å². The van der Waals surface area contributed by atoms with E-state index in [9.17, 15) is 19.5 Å². The molecule has 0 radical (unpaired) electrons. The number of thiol groups is 1. The van der Waals surface area contributed by atoms with Gasteiger partial charge in [-0.2, -0.15) is 0 Å². The van der Waals surface area contributed by atoms with Crippen LogP contribution in [0.4, 0.5) is 8.78 Å². The Morgan fingerprint density at radius 1 is 0.957 bits per heavy atom. The summed E-state index contributed by atoms with van der Waals surface area (Å²) in [6.07, 6.45) is 20.4. The standard InChI is InChI=1S/C39H58F2O5S/c1-5-6-7-8-9-10-11-12-13-14-15-16-17-18-19-20-33(44)46-38(4)25-30-28-24-31(40)29-23-27(42)21-22-37(29,3)39(28,41)32(43)26-36(30,2)34(38)35(45)47/h12-13,21-23,28,30-32,34,43H,5-11,14-20,24-26H2,1-4H3,(H,45,47)/b13-12+/t28-,30-,31-,32-,34+,36-,37-,38+,39-/m0/s1. The Labute approximate surface area is 286 Å². The molecule has 0 spiro atoms. The number of unbranched alkanes of at least 4 members (excludes halogenated alkanes) is 11.